The third-order valence-corrected chi connectivity index (χ3v) is 7.65. The van der Waals surface area contributed by atoms with Gasteiger partial charge in [0.25, 0.3) is 5.91 Å². The van der Waals surface area contributed by atoms with Crippen molar-refractivity contribution in [3.05, 3.63) is 59.4 Å². The minimum Gasteiger partial charge on any atom is -0.368 e. The first-order valence-electron chi connectivity index (χ1n) is 13.0. The Balaban J connectivity index is 1.30. The molecule has 2 saturated heterocycles. The molecule has 0 unspecified atom stereocenters. The molecular formula is C28H35FN4O2. The number of hydrogen-bond donors (Lipinski definition) is 1. The zero-order valence-corrected chi connectivity index (χ0v) is 20.3. The summed E-state index contributed by atoms with van der Waals surface area (Å²) in [6, 6.07) is 12.5. The molecule has 1 aliphatic carbocycles. The summed E-state index contributed by atoms with van der Waals surface area (Å²) >= 11 is 0. The number of likely N-dealkylation sites (tertiary alicyclic amines) is 1. The van der Waals surface area contributed by atoms with E-state index < -0.39 is 0 Å². The molecule has 2 amide bonds. The zero-order chi connectivity index (χ0) is 24.2. The number of nitrogens with zero attached hydrogens (tertiary/aromatic N) is 3. The molecule has 0 spiro atoms. The van der Waals surface area contributed by atoms with Gasteiger partial charge < -0.3 is 15.1 Å². The Morgan fingerprint density at radius 1 is 0.857 bits per heavy atom. The number of carbonyl (C=O) groups excluding carboxylic acids is 2. The zero-order valence-electron chi connectivity index (χ0n) is 20.3. The van der Waals surface area contributed by atoms with Gasteiger partial charge in [-0.2, -0.15) is 0 Å². The van der Waals surface area contributed by atoms with E-state index in [4.69, 9.17) is 0 Å². The number of carbonyl (C=O) groups is 2. The molecular weight excluding hydrogens is 443 g/mol. The third kappa shape index (κ3) is 5.67. The SMILES string of the molecule is O=C(Nc1ccc(N2CCN(Cc3ccc(F)cc3)CC2)c(C(=O)N2CCCC2)c1)C1CCCC1. The van der Waals surface area contributed by atoms with Crippen molar-refractivity contribution >= 4 is 23.2 Å². The van der Waals surface area contributed by atoms with Crippen LogP contribution in [0.2, 0.25) is 0 Å². The Labute approximate surface area is 207 Å². The van der Waals surface area contributed by atoms with E-state index in [-0.39, 0.29) is 23.5 Å². The van der Waals surface area contributed by atoms with E-state index in [2.05, 4.69) is 15.1 Å². The number of amides is 2. The highest BCUT2D eigenvalue weighted by atomic mass is 19.1. The number of anilines is 2. The first-order chi connectivity index (χ1) is 17.1. The molecule has 0 atom stereocenters. The van der Waals surface area contributed by atoms with Crippen LogP contribution in [0.15, 0.2) is 42.5 Å². The Bertz CT molecular complexity index is 1040. The lowest BCUT2D eigenvalue weighted by atomic mass is 10.1. The number of benzene rings is 2. The summed E-state index contributed by atoms with van der Waals surface area (Å²) in [5.41, 5.74) is 3.44. The van der Waals surface area contributed by atoms with Crippen molar-refractivity contribution in [1.82, 2.24) is 9.80 Å². The van der Waals surface area contributed by atoms with Crippen LogP contribution >= 0.6 is 0 Å². The fourth-order valence-corrected chi connectivity index (χ4v) is 5.58. The smallest absolute Gasteiger partial charge is 0.256 e. The summed E-state index contributed by atoms with van der Waals surface area (Å²) in [7, 11) is 0. The number of nitrogens with one attached hydrogen (secondary N) is 1. The van der Waals surface area contributed by atoms with Crippen LogP contribution in [0.5, 0.6) is 0 Å². The van der Waals surface area contributed by atoms with E-state index in [0.29, 0.717) is 11.3 Å². The number of hydrogen-bond acceptors (Lipinski definition) is 4. The van der Waals surface area contributed by atoms with E-state index in [1.165, 1.54) is 12.1 Å². The quantitative estimate of drug-likeness (QED) is 0.664. The van der Waals surface area contributed by atoms with Gasteiger partial charge in [-0.1, -0.05) is 25.0 Å². The van der Waals surface area contributed by atoms with Gasteiger partial charge in [0.1, 0.15) is 5.82 Å². The summed E-state index contributed by atoms with van der Waals surface area (Å²) in [4.78, 5) is 32.8. The monoisotopic (exact) mass is 478 g/mol. The molecule has 2 aromatic carbocycles. The lowest BCUT2D eigenvalue weighted by molar-refractivity contribution is -0.119. The van der Waals surface area contributed by atoms with Gasteiger partial charge in [-0.25, -0.2) is 4.39 Å². The molecule has 5 rings (SSSR count). The number of halogens is 1. The first-order valence-corrected chi connectivity index (χ1v) is 13.0. The summed E-state index contributed by atoms with van der Waals surface area (Å²) in [6.07, 6.45) is 6.21. The molecule has 3 aliphatic rings. The second kappa shape index (κ2) is 10.8. The van der Waals surface area contributed by atoms with Crippen molar-refractivity contribution in [2.24, 2.45) is 5.92 Å². The topological polar surface area (TPSA) is 55.9 Å². The number of piperazine rings is 1. The Morgan fingerprint density at radius 2 is 1.54 bits per heavy atom. The third-order valence-electron chi connectivity index (χ3n) is 7.65. The molecule has 6 nitrogen and oxygen atoms in total. The van der Waals surface area contributed by atoms with Crippen LogP contribution in [-0.2, 0) is 11.3 Å². The van der Waals surface area contributed by atoms with Crippen molar-refractivity contribution < 1.29 is 14.0 Å². The van der Waals surface area contributed by atoms with E-state index in [1.54, 1.807) is 0 Å². The molecule has 2 heterocycles. The first kappa shape index (κ1) is 23.8. The minimum absolute atomic E-state index is 0.0585. The maximum absolute atomic E-state index is 13.5. The summed E-state index contributed by atoms with van der Waals surface area (Å²) in [5, 5.41) is 3.08. The molecule has 0 radical (unpaired) electrons. The van der Waals surface area contributed by atoms with E-state index in [0.717, 1.165) is 95.6 Å². The predicted octanol–water partition coefficient (Wildman–Crippen LogP) is 4.51. The molecule has 0 bridgehead atoms. The lowest BCUT2D eigenvalue weighted by Gasteiger charge is -2.37. The van der Waals surface area contributed by atoms with Gasteiger partial charge in [0.05, 0.1) is 5.56 Å². The molecule has 2 aromatic rings. The average molecular weight is 479 g/mol. The fourth-order valence-electron chi connectivity index (χ4n) is 5.58. The fraction of sp³-hybridized carbons (Fsp3) is 0.500. The summed E-state index contributed by atoms with van der Waals surface area (Å²) in [6.45, 7) is 5.75. The van der Waals surface area contributed by atoms with Crippen LogP contribution < -0.4 is 10.2 Å². The van der Waals surface area contributed by atoms with Crippen molar-refractivity contribution in [3.63, 3.8) is 0 Å². The number of rotatable bonds is 6. The summed E-state index contributed by atoms with van der Waals surface area (Å²) in [5.74, 6) is 0.00526. The summed E-state index contributed by atoms with van der Waals surface area (Å²) < 4.78 is 13.2. The molecule has 35 heavy (non-hydrogen) atoms. The van der Waals surface area contributed by atoms with Gasteiger partial charge in [-0.05, 0) is 61.6 Å². The van der Waals surface area contributed by atoms with Crippen LogP contribution in [0.1, 0.15) is 54.4 Å². The minimum atomic E-state index is -0.211. The van der Waals surface area contributed by atoms with Crippen LogP contribution in [0.3, 0.4) is 0 Å². The standard InChI is InChI=1S/C28H35FN4O2/c29-23-9-7-21(8-10-23)20-31-15-17-32(18-16-31)26-12-11-24(30-27(34)22-5-1-2-6-22)19-25(26)28(35)33-13-3-4-14-33/h7-12,19,22H,1-6,13-18,20H2,(H,30,34). The Hall–Kier alpha value is -2.93. The van der Waals surface area contributed by atoms with Gasteiger partial charge in [0.2, 0.25) is 5.91 Å². The lowest BCUT2D eigenvalue weighted by Crippen LogP contribution is -2.46. The maximum atomic E-state index is 13.5. The Morgan fingerprint density at radius 3 is 2.23 bits per heavy atom. The van der Waals surface area contributed by atoms with Crippen molar-refractivity contribution in [2.75, 3.05) is 49.5 Å². The normalized spacial score (nSPS) is 19.3. The molecule has 1 saturated carbocycles. The van der Waals surface area contributed by atoms with E-state index in [9.17, 15) is 14.0 Å². The molecule has 2 aliphatic heterocycles. The predicted molar refractivity (Wildman–Crippen MR) is 136 cm³/mol. The van der Waals surface area contributed by atoms with E-state index in [1.807, 2.05) is 35.2 Å². The largest absolute Gasteiger partial charge is 0.368 e. The van der Waals surface area contributed by atoms with Crippen LogP contribution in [0.4, 0.5) is 15.8 Å². The van der Waals surface area contributed by atoms with Crippen LogP contribution in [-0.4, -0.2) is 60.9 Å². The maximum Gasteiger partial charge on any atom is 0.256 e. The van der Waals surface area contributed by atoms with Crippen molar-refractivity contribution in [2.45, 2.75) is 45.1 Å². The van der Waals surface area contributed by atoms with Crippen molar-refractivity contribution in [3.8, 4) is 0 Å². The Kier molecular flexibility index (Phi) is 7.32. The average Bonchev–Trinajstić information content (AvgIpc) is 3.61. The van der Waals surface area contributed by atoms with Crippen molar-refractivity contribution in [1.29, 1.82) is 0 Å². The van der Waals surface area contributed by atoms with Gasteiger partial charge in [0.15, 0.2) is 0 Å². The highest BCUT2D eigenvalue weighted by molar-refractivity contribution is 6.02. The molecule has 186 valence electrons. The highest BCUT2D eigenvalue weighted by Gasteiger charge is 2.27. The second-order valence-electron chi connectivity index (χ2n) is 10.1. The van der Waals surface area contributed by atoms with Crippen LogP contribution in [0.25, 0.3) is 0 Å². The molecule has 7 heteroatoms. The van der Waals surface area contributed by atoms with Gasteiger partial charge >= 0.3 is 0 Å². The molecule has 3 fully saturated rings. The van der Waals surface area contributed by atoms with E-state index >= 15 is 0 Å². The highest BCUT2D eigenvalue weighted by Crippen LogP contribution is 2.30. The second-order valence-corrected chi connectivity index (χ2v) is 10.1. The van der Waals surface area contributed by atoms with Gasteiger partial charge in [-0.3, -0.25) is 14.5 Å². The van der Waals surface area contributed by atoms with Crippen LogP contribution in [0, 0.1) is 11.7 Å². The molecule has 1 N–H and O–H groups in total. The van der Waals surface area contributed by atoms with Gasteiger partial charge in [-0.15, -0.1) is 0 Å². The molecule has 0 aromatic heterocycles. The van der Waals surface area contributed by atoms with Gasteiger partial charge in [0, 0.05) is 63.1 Å².